The van der Waals surface area contributed by atoms with Crippen LogP contribution >= 0.6 is 0 Å². The number of carboxylic acid groups (broad SMARTS) is 1. The smallest absolute Gasteiger partial charge is 0.337 e. The van der Waals surface area contributed by atoms with Gasteiger partial charge in [0, 0.05) is 18.3 Å². The van der Waals surface area contributed by atoms with E-state index in [4.69, 9.17) is 10.8 Å². The molecule has 0 saturated carbocycles. The maximum absolute atomic E-state index is 13.9. The summed E-state index contributed by atoms with van der Waals surface area (Å²) in [5, 5.41) is 9.00. The Morgan fingerprint density at radius 2 is 2.06 bits per heavy atom. The molecule has 18 heavy (non-hydrogen) atoms. The van der Waals surface area contributed by atoms with Crippen LogP contribution in [0.3, 0.4) is 0 Å². The zero-order valence-electron chi connectivity index (χ0n) is 11.1. The number of anilines is 2. The van der Waals surface area contributed by atoms with Crippen molar-refractivity contribution in [1.82, 2.24) is 0 Å². The second kappa shape index (κ2) is 4.84. The topological polar surface area (TPSA) is 66.6 Å². The molecule has 0 aliphatic heterocycles. The fraction of sp³-hybridized carbons (Fsp3) is 0.462. The van der Waals surface area contributed by atoms with E-state index in [9.17, 15) is 9.18 Å². The van der Waals surface area contributed by atoms with Gasteiger partial charge in [0.1, 0.15) is 5.82 Å². The van der Waals surface area contributed by atoms with Crippen LogP contribution in [0.15, 0.2) is 12.1 Å². The number of hydrogen-bond acceptors (Lipinski definition) is 3. The Morgan fingerprint density at radius 3 is 2.50 bits per heavy atom. The van der Waals surface area contributed by atoms with Gasteiger partial charge in [0.2, 0.25) is 0 Å². The van der Waals surface area contributed by atoms with Crippen LogP contribution in [0.5, 0.6) is 0 Å². The van der Waals surface area contributed by atoms with Gasteiger partial charge in [-0.25, -0.2) is 9.18 Å². The zero-order valence-corrected chi connectivity index (χ0v) is 11.1. The molecule has 3 N–H and O–H groups in total. The predicted octanol–water partition coefficient (Wildman–Crippen LogP) is 2.73. The first kappa shape index (κ1) is 14.3. The fourth-order valence-corrected chi connectivity index (χ4v) is 1.58. The van der Waals surface area contributed by atoms with Crippen molar-refractivity contribution in [2.24, 2.45) is 0 Å². The van der Waals surface area contributed by atoms with E-state index in [1.54, 1.807) is 11.9 Å². The molecule has 1 aromatic rings. The van der Waals surface area contributed by atoms with Crippen molar-refractivity contribution in [3.63, 3.8) is 0 Å². The van der Waals surface area contributed by atoms with Crippen LogP contribution in [0.2, 0.25) is 0 Å². The molecule has 0 aromatic heterocycles. The lowest BCUT2D eigenvalue weighted by Gasteiger charge is -2.37. The van der Waals surface area contributed by atoms with E-state index in [1.807, 2.05) is 20.8 Å². The molecular formula is C13H19FN2O2. The second-order valence-electron chi connectivity index (χ2n) is 4.92. The molecule has 0 fully saturated rings. The van der Waals surface area contributed by atoms with Crippen LogP contribution in [-0.2, 0) is 0 Å². The third kappa shape index (κ3) is 2.55. The van der Waals surface area contributed by atoms with Crippen molar-refractivity contribution in [3.8, 4) is 0 Å². The molecule has 0 heterocycles. The summed E-state index contributed by atoms with van der Waals surface area (Å²) < 4.78 is 13.9. The molecule has 0 radical (unpaired) electrons. The number of carboxylic acids is 1. The number of nitrogens with zero attached hydrogens (tertiary/aromatic N) is 1. The highest BCUT2D eigenvalue weighted by atomic mass is 19.1. The van der Waals surface area contributed by atoms with Crippen LogP contribution in [0.25, 0.3) is 0 Å². The molecule has 100 valence electrons. The molecule has 0 amide bonds. The minimum absolute atomic E-state index is 0.0635. The number of benzene rings is 1. The van der Waals surface area contributed by atoms with Gasteiger partial charge in [-0.1, -0.05) is 6.92 Å². The summed E-state index contributed by atoms with van der Waals surface area (Å²) in [6.07, 6.45) is 0.801. The summed E-state index contributed by atoms with van der Waals surface area (Å²) in [5.74, 6) is -1.67. The van der Waals surface area contributed by atoms with Gasteiger partial charge in [-0.05, 0) is 32.4 Å². The number of nitrogens with two attached hydrogens (primary N) is 1. The first-order chi connectivity index (χ1) is 8.20. The lowest BCUT2D eigenvalue weighted by molar-refractivity contribution is 0.0698. The molecule has 0 atom stereocenters. The average Bonchev–Trinajstić information content (AvgIpc) is 2.27. The predicted molar refractivity (Wildman–Crippen MR) is 70.5 cm³/mol. The van der Waals surface area contributed by atoms with E-state index in [1.165, 1.54) is 6.07 Å². The van der Waals surface area contributed by atoms with Crippen LogP contribution < -0.4 is 10.6 Å². The van der Waals surface area contributed by atoms with Crippen LogP contribution in [0.1, 0.15) is 37.6 Å². The van der Waals surface area contributed by atoms with E-state index in [-0.39, 0.29) is 22.5 Å². The van der Waals surface area contributed by atoms with E-state index >= 15 is 0 Å². The fourth-order valence-electron chi connectivity index (χ4n) is 1.58. The minimum Gasteiger partial charge on any atom is -0.478 e. The standard InChI is InChI=1S/C13H19FN2O2/c1-5-13(2,3)16(4)11-6-8(12(17)18)10(15)7-9(11)14/h6-7H,5,15H2,1-4H3,(H,17,18). The van der Waals surface area contributed by atoms with Crippen molar-refractivity contribution >= 4 is 17.3 Å². The molecule has 5 heteroatoms. The number of halogens is 1. The molecule has 0 bridgehead atoms. The SMILES string of the molecule is CCC(C)(C)N(C)c1cc(C(=O)O)c(N)cc1F. The van der Waals surface area contributed by atoms with Gasteiger partial charge in [0.05, 0.1) is 11.3 Å². The number of rotatable bonds is 4. The first-order valence-electron chi connectivity index (χ1n) is 5.77. The van der Waals surface area contributed by atoms with E-state index in [2.05, 4.69) is 0 Å². The van der Waals surface area contributed by atoms with Gasteiger partial charge >= 0.3 is 5.97 Å². The van der Waals surface area contributed by atoms with E-state index < -0.39 is 11.8 Å². The largest absolute Gasteiger partial charge is 0.478 e. The van der Waals surface area contributed by atoms with Crippen molar-refractivity contribution in [2.45, 2.75) is 32.7 Å². The highest BCUT2D eigenvalue weighted by Crippen LogP contribution is 2.30. The quantitative estimate of drug-likeness (QED) is 0.811. The van der Waals surface area contributed by atoms with E-state index in [0.29, 0.717) is 0 Å². The Labute approximate surface area is 106 Å². The molecular weight excluding hydrogens is 235 g/mol. The van der Waals surface area contributed by atoms with Gasteiger partial charge < -0.3 is 15.7 Å². The van der Waals surface area contributed by atoms with Gasteiger partial charge in [0.25, 0.3) is 0 Å². The normalized spacial score (nSPS) is 11.4. The maximum atomic E-state index is 13.9. The molecule has 0 aliphatic rings. The summed E-state index contributed by atoms with van der Waals surface area (Å²) in [6, 6.07) is 2.34. The monoisotopic (exact) mass is 254 g/mol. The number of nitrogen functional groups attached to an aromatic ring is 1. The van der Waals surface area contributed by atoms with Gasteiger partial charge in [-0.3, -0.25) is 0 Å². The molecule has 0 saturated heterocycles. The highest BCUT2D eigenvalue weighted by molar-refractivity contribution is 5.95. The third-order valence-electron chi connectivity index (χ3n) is 3.48. The molecule has 1 aromatic carbocycles. The maximum Gasteiger partial charge on any atom is 0.337 e. The summed E-state index contributed by atoms with van der Waals surface area (Å²) in [5.41, 5.74) is 5.32. The second-order valence-corrected chi connectivity index (χ2v) is 4.92. The third-order valence-corrected chi connectivity index (χ3v) is 3.48. The Morgan fingerprint density at radius 1 is 1.50 bits per heavy atom. The first-order valence-corrected chi connectivity index (χ1v) is 5.77. The average molecular weight is 254 g/mol. The number of carbonyl (C=O) groups is 1. The molecule has 0 aliphatic carbocycles. The molecule has 0 spiro atoms. The summed E-state index contributed by atoms with van der Waals surface area (Å²) in [4.78, 5) is 12.7. The van der Waals surface area contributed by atoms with Crippen molar-refractivity contribution in [2.75, 3.05) is 17.7 Å². The van der Waals surface area contributed by atoms with Gasteiger partial charge in [-0.15, -0.1) is 0 Å². The van der Waals surface area contributed by atoms with Crippen LogP contribution in [-0.4, -0.2) is 23.7 Å². The van der Waals surface area contributed by atoms with E-state index in [0.717, 1.165) is 12.5 Å². The lowest BCUT2D eigenvalue weighted by Crippen LogP contribution is -2.41. The van der Waals surface area contributed by atoms with Crippen LogP contribution in [0, 0.1) is 5.82 Å². The minimum atomic E-state index is -1.16. The number of hydrogen-bond donors (Lipinski definition) is 2. The molecule has 1 rings (SSSR count). The Bertz CT molecular complexity index is 472. The Hall–Kier alpha value is -1.78. The van der Waals surface area contributed by atoms with Crippen molar-refractivity contribution in [3.05, 3.63) is 23.5 Å². The summed E-state index contributed by atoms with van der Waals surface area (Å²) >= 11 is 0. The Balaban J connectivity index is 3.33. The van der Waals surface area contributed by atoms with Crippen molar-refractivity contribution < 1.29 is 14.3 Å². The van der Waals surface area contributed by atoms with Crippen molar-refractivity contribution in [1.29, 1.82) is 0 Å². The summed E-state index contributed by atoms with van der Waals surface area (Å²) in [7, 11) is 1.74. The lowest BCUT2D eigenvalue weighted by atomic mass is 9.98. The zero-order chi connectivity index (χ0) is 14.1. The molecule has 4 nitrogen and oxygen atoms in total. The highest BCUT2D eigenvalue weighted by Gasteiger charge is 2.25. The van der Waals surface area contributed by atoms with Gasteiger partial charge in [-0.2, -0.15) is 0 Å². The number of aromatic carboxylic acids is 1. The summed E-state index contributed by atoms with van der Waals surface area (Å²) in [6.45, 7) is 5.91. The van der Waals surface area contributed by atoms with Crippen LogP contribution in [0.4, 0.5) is 15.8 Å². The van der Waals surface area contributed by atoms with Gasteiger partial charge in [0.15, 0.2) is 0 Å². The Kier molecular flexibility index (Phi) is 3.84. The molecule has 0 unspecified atom stereocenters.